The third-order valence-corrected chi connectivity index (χ3v) is 13.3. The lowest BCUT2D eigenvalue weighted by atomic mass is 9.63. The smallest absolute Gasteiger partial charge is 0.126 e. The van der Waals surface area contributed by atoms with E-state index in [0.29, 0.717) is 0 Å². The number of nitrogens with zero attached hydrogens (tertiary/aromatic N) is 2. The molecule has 9 rings (SSSR count). The van der Waals surface area contributed by atoms with Crippen LogP contribution in [0.4, 0.5) is 22.7 Å². The third-order valence-electron chi connectivity index (χ3n) is 12.0. The topological polar surface area (TPSA) is 6.48 Å². The highest BCUT2D eigenvalue weighted by Crippen LogP contribution is 2.58. The second kappa shape index (κ2) is 11.0. The van der Waals surface area contributed by atoms with E-state index in [9.17, 15) is 0 Å². The molecule has 3 heterocycles. The van der Waals surface area contributed by atoms with Gasteiger partial charge in [-0.05, 0) is 143 Å². The summed E-state index contributed by atoms with van der Waals surface area (Å²) in [7, 11) is 0. The van der Waals surface area contributed by atoms with Gasteiger partial charge in [0.2, 0.25) is 0 Å². The zero-order valence-electron chi connectivity index (χ0n) is 30.6. The molecule has 1 atom stereocenters. The largest absolute Gasteiger partial charge is 0.322 e. The molecule has 3 heteroatoms. The molecule has 5 aromatic carbocycles. The Labute approximate surface area is 302 Å². The number of para-hydroxylation sites is 1. The van der Waals surface area contributed by atoms with Crippen molar-refractivity contribution in [1.29, 1.82) is 0 Å². The van der Waals surface area contributed by atoms with Crippen LogP contribution in [-0.4, -0.2) is 5.37 Å². The minimum atomic E-state index is 0.0629. The molecule has 6 bridgehead atoms. The summed E-state index contributed by atoms with van der Waals surface area (Å²) in [6.07, 6.45) is 9.43. The van der Waals surface area contributed by atoms with Gasteiger partial charge in [0.15, 0.2) is 0 Å². The summed E-state index contributed by atoms with van der Waals surface area (Å²) in [6.45, 7) is 18.9. The van der Waals surface area contributed by atoms with E-state index < -0.39 is 0 Å². The van der Waals surface area contributed by atoms with Crippen molar-refractivity contribution < 1.29 is 0 Å². The van der Waals surface area contributed by atoms with E-state index in [-0.39, 0.29) is 16.2 Å². The first-order valence-electron chi connectivity index (χ1n) is 18.2. The Balaban J connectivity index is 1.40. The van der Waals surface area contributed by atoms with Crippen LogP contribution in [0.2, 0.25) is 0 Å². The molecule has 250 valence electrons. The predicted molar refractivity (Wildman–Crippen MR) is 217 cm³/mol. The zero-order valence-corrected chi connectivity index (χ0v) is 31.4. The Morgan fingerprint density at radius 1 is 0.620 bits per heavy atom. The zero-order chi connectivity index (χ0) is 34.7. The average molecular weight is 671 g/mol. The van der Waals surface area contributed by atoms with Crippen molar-refractivity contribution in [3.8, 4) is 22.3 Å². The van der Waals surface area contributed by atoms with Crippen LogP contribution < -0.4 is 9.21 Å². The van der Waals surface area contributed by atoms with Crippen molar-refractivity contribution in [1.82, 2.24) is 0 Å². The van der Waals surface area contributed by atoms with Gasteiger partial charge in [0.05, 0.1) is 22.7 Å². The van der Waals surface area contributed by atoms with Crippen LogP contribution in [0.1, 0.15) is 85.0 Å². The summed E-state index contributed by atoms with van der Waals surface area (Å²) in [6, 6.07) is 32.6. The number of anilines is 4. The van der Waals surface area contributed by atoms with E-state index in [0.717, 1.165) is 0 Å². The molecule has 0 spiro atoms. The number of aryl methyl sites for hydroxylation is 3. The summed E-state index contributed by atoms with van der Waals surface area (Å²) < 4.78 is 2.62. The van der Waals surface area contributed by atoms with Gasteiger partial charge in [-0.15, -0.1) is 0 Å². The van der Waals surface area contributed by atoms with Gasteiger partial charge in [0.1, 0.15) is 5.37 Å². The van der Waals surface area contributed by atoms with E-state index in [2.05, 4.69) is 168 Å². The molecule has 4 aliphatic rings. The van der Waals surface area contributed by atoms with Gasteiger partial charge in [-0.25, -0.2) is 0 Å². The molecule has 50 heavy (non-hydrogen) atoms. The fourth-order valence-corrected chi connectivity index (χ4v) is 10.5. The maximum atomic E-state index is 2.62. The lowest BCUT2D eigenvalue weighted by Gasteiger charge is -2.43. The van der Waals surface area contributed by atoms with Crippen LogP contribution in [-0.2, 0) is 10.8 Å². The SMILES string of the molecule is Cc1cc2c3c(c1)N1c4ccccc4/C(=C/C=C\3)C1SN(c1cc3c(cc1C)C(C)(C)CCC3(C)C)c1ccc(-c3ccccc3C)c(C)c1-2. The molecule has 0 N–H and O–H groups in total. The molecule has 1 unspecified atom stereocenters. The second-order valence-corrected chi connectivity index (χ2v) is 17.3. The highest BCUT2D eigenvalue weighted by molar-refractivity contribution is 8.02. The Morgan fingerprint density at radius 2 is 1.32 bits per heavy atom. The van der Waals surface area contributed by atoms with E-state index >= 15 is 0 Å². The van der Waals surface area contributed by atoms with Crippen LogP contribution >= 0.6 is 11.9 Å². The molecule has 3 aliphatic heterocycles. The number of benzene rings is 5. The fourth-order valence-electron chi connectivity index (χ4n) is 9.11. The van der Waals surface area contributed by atoms with Crippen LogP contribution in [0.15, 0.2) is 97.1 Å². The quantitative estimate of drug-likeness (QED) is 0.173. The molecule has 0 saturated heterocycles. The van der Waals surface area contributed by atoms with Gasteiger partial charge in [-0.2, -0.15) is 0 Å². The molecule has 0 amide bonds. The Bertz CT molecular complexity index is 2320. The van der Waals surface area contributed by atoms with Crippen molar-refractivity contribution in [3.63, 3.8) is 0 Å². The molecule has 2 nitrogen and oxygen atoms in total. The van der Waals surface area contributed by atoms with E-state index in [1.807, 2.05) is 11.9 Å². The minimum Gasteiger partial charge on any atom is -0.322 e. The number of fused-ring (bicyclic) bond motifs is 5. The Morgan fingerprint density at radius 3 is 2.08 bits per heavy atom. The maximum absolute atomic E-state index is 2.62. The van der Waals surface area contributed by atoms with Gasteiger partial charge in [-0.3, -0.25) is 4.31 Å². The van der Waals surface area contributed by atoms with Crippen LogP contribution in [0, 0.1) is 27.7 Å². The van der Waals surface area contributed by atoms with Crippen molar-refractivity contribution in [2.24, 2.45) is 0 Å². The molecule has 0 fully saturated rings. The van der Waals surface area contributed by atoms with E-state index in [1.165, 1.54) is 108 Å². The van der Waals surface area contributed by atoms with Crippen LogP contribution in [0.3, 0.4) is 0 Å². The molecular formula is C47H46N2S. The summed E-state index contributed by atoms with van der Waals surface area (Å²) in [5, 5.41) is 0.0629. The van der Waals surface area contributed by atoms with Crippen LogP contribution in [0.5, 0.6) is 0 Å². The van der Waals surface area contributed by atoms with Crippen molar-refractivity contribution in [3.05, 3.63) is 142 Å². The lowest BCUT2D eigenvalue weighted by molar-refractivity contribution is 0.332. The van der Waals surface area contributed by atoms with Gasteiger partial charge in [0.25, 0.3) is 0 Å². The molecule has 0 radical (unpaired) electrons. The maximum Gasteiger partial charge on any atom is 0.126 e. The first-order chi connectivity index (χ1) is 23.9. The number of allylic oxidation sites excluding steroid dienone is 2. The third kappa shape index (κ3) is 4.55. The number of hydrogen-bond acceptors (Lipinski definition) is 3. The molecular weight excluding hydrogens is 625 g/mol. The van der Waals surface area contributed by atoms with Gasteiger partial charge in [-0.1, -0.05) is 107 Å². The summed E-state index contributed by atoms with van der Waals surface area (Å²) >= 11 is 1.97. The van der Waals surface area contributed by atoms with Crippen molar-refractivity contribution in [2.45, 2.75) is 84.4 Å². The lowest BCUT2D eigenvalue weighted by Crippen LogP contribution is -2.34. The average Bonchev–Trinajstić information content (AvgIpc) is 3.41. The summed E-state index contributed by atoms with van der Waals surface area (Å²) in [5.74, 6) is 0. The van der Waals surface area contributed by atoms with Gasteiger partial charge >= 0.3 is 0 Å². The first kappa shape index (κ1) is 31.5. The predicted octanol–water partition coefficient (Wildman–Crippen LogP) is 13.3. The number of hydrogen-bond donors (Lipinski definition) is 0. The highest BCUT2D eigenvalue weighted by atomic mass is 32.2. The monoisotopic (exact) mass is 670 g/mol. The van der Waals surface area contributed by atoms with E-state index in [1.54, 1.807) is 0 Å². The molecule has 0 saturated carbocycles. The normalized spacial score (nSPS) is 20.7. The summed E-state index contributed by atoms with van der Waals surface area (Å²) in [4.78, 5) is 2.62. The fraction of sp³-hybridized carbons (Fsp3) is 0.277. The molecule has 5 aromatic rings. The standard InChI is InChI=1S/C47H46N2S/c1-28-24-37-35-17-13-18-36-34-16-11-12-19-40(34)48(43(35)25-28)45(36)50-49(41-21-20-33(31(4)44(37)41)32-15-10-9-14-29(32)2)42-27-39-38(26-30(42)3)46(5,6)22-23-47(39,7)8/h9-21,24-27,45H,22-23H2,1-8H3/b17-13-,36-18-. The van der Waals surface area contributed by atoms with E-state index in [4.69, 9.17) is 0 Å². The first-order valence-corrected chi connectivity index (χ1v) is 19.0. The highest BCUT2D eigenvalue weighted by Gasteiger charge is 2.42. The van der Waals surface area contributed by atoms with Crippen molar-refractivity contribution >= 4 is 46.3 Å². The minimum absolute atomic E-state index is 0.0629. The van der Waals surface area contributed by atoms with Crippen LogP contribution in [0.25, 0.3) is 33.9 Å². The Kier molecular flexibility index (Phi) is 6.94. The second-order valence-electron chi connectivity index (χ2n) is 16.3. The van der Waals surface area contributed by atoms with Crippen molar-refractivity contribution in [2.75, 3.05) is 9.21 Å². The van der Waals surface area contributed by atoms with Gasteiger partial charge < -0.3 is 4.90 Å². The van der Waals surface area contributed by atoms with Gasteiger partial charge in [0, 0.05) is 16.7 Å². The molecule has 0 aromatic heterocycles. The summed E-state index contributed by atoms with van der Waals surface area (Å²) in [5.41, 5.74) is 22.8. The number of rotatable bonds is 2. The Hall–Kier alpha value is -4.47. The molecule has 1 aliphatic carbocycles.